The van der Waals surface area contributed by atoms with Crippen LogP contribution in [0.2, 0.25) is 0 Å². The van der Waals surface area contributed by atoms with E-state index in [1.54, 1.807) is 6.20 Å². The molecule has 1 aromatic rings. The first-order chi connectivity index (χ1) is 11.8. The maximum Gasteiger partial charge on any atom is 0.305 e. The van der Waals surface area contributed by atoms with Crippen LogP contribution >= 0.6 is 0 Å². The van der Waals surface area contributed by atoms with Crippen molar-refractivity contribution in [3.05, 3.63) is 6.20 Å². The lowest BCUT2D eigenvalue weighted by molar-refractivity contribution is -0.723. The lowest BCUT2D eigenvalue weighted by atomic mass is 9.88. The molecule has 1 amide bonds. The van der Waals surface area contributed by atoms with E-state index in [0.29, 0.717) is 12.5 Å². The molecule has 0 aliphatic heterocycles. The van der Waals surface area contributed by atoms with Gasteiger partial charge in [-0.25, -0.2) is 0 Å². The highest BCUT2D eigenvalue weighted by Crippen LogP contribution is 2.24. The number of rotatable bonds is 7. The summed E-state index contributed by atoms with van der Waals surface area (Å²) in [5.41, 5.74) is 3.26. The van der Waals surface area contributed by atoms with Crippen LogP contribution in [0.25, 0.3) is 0 Å². The first-order valence-corrected chi connectivity index (χ1v) is 9.33. The Hall–Kier alpha value is -1.63. The highest BCUT2D eigenvalue weighted by Gasteiger charge is 2.30. The maximum absolute atomic E-state index is 12.3. The normalized spacial score (nSPS) is 17.5. The molecular formula is C18H33N4O3+. The number of carbonyl (C=O) groups excluding carboxylic acids is 1. The molecule has 1 heterocycles. The average Bonchev–Trinajstić information content (AvgIpc) is 2.98. The molecule has 0 radical (unpaired) electrons. The third-order valence-electron chi connectivity index (χ3n) is 4.62. The third kappa shape index (κ3) is 6.30. The zero-order valence-electron chi connectivity index (χ0n) is 16.2. The number of hydrogen-bond donors (Lipinski definition) is 2. The summed E-state index contributed by atoms with van der Waals surface area (Å²) in [5, 5.41) is 6.79. The summed E-state index contributed by atoms with van der Waals surface area (Å²) in [7, 11) is 0. The van der Waals surface area contributed by atoms with E-state index >= 15 is 0 Å². The summed E-state index contributed by atoms with van der Waals surface area (Å²) in [6.45, 7) is 11.0. The van der Waals surface area contributed by atoms with Gasteiger partial charge in [0.2, 0.25) is 11.2 Å². The zero-order chi connectivity index (χ0) is 18.4. The molecule has 0 saturated heterocycles. The number of hydrogen-bond acceptors (Lipinski definition) is 5. The van der Waals surface area contributed by atoms with Gasteiger partial charge in [-0.1, -0.05) is 40.0 Å². The van der Waals surface area contributed by atoms with Crippen LogP contribution in [0.15, 0.2) is 10.7 Å². The fourth-order valence-corrected chi connectivity index (χ4v) is 2.88. The van der Waals surface area contributed by atoms with Gasteiger partial charge in [0.05, 0.1) is 17.5 Å². The molecule has 0 spiro atoms. The predicted octanol–water partition coefficient (Wildman–Crippen LogP) is 2.86. The summed E-state index contributed by atoms with van der Waals surface area (Å²) < 4.78 is 11.0. The Kier molecular flexibility index (Phi) is 6.81. The Balaban J connectivity index is 1.93. The summed E-state index contributed by atoms with van der Waals surface area (Å²) in [5.74, 6) is 0.473. The summed E-state index contributed by atoms with van der Waals surface area (Å²) in [4.78, 5) is 13.8. The minimum absolute atomic E-state index is 0.0215. The van der Waals surface area contributed by atoms with E-state index in [2.05, 4.69) is 36.8 Å². The summed E-state index contributed by atoms with van der Waals surface area (Å²) in [6.07, 6.45) is 7.21. The largest absolute Gasteiger partial charge is 0.376 e. The van der Waals surface area contributed by atoms with Crippen molar-refractivity contribution in [1.82, 2.24) is 5.27 Å². The number of aromatic nitrogens is 2. The molecule has 1 fully saturated rings. The molecule has 1 aromatic heterocycles. The molecule has 1 unspecified atom stereocenters. The minimum Gasteiger partial charge on any atom is -0.376 e. The fraction of sp³-hybridized carbons (Fsp3) is 0.833. The molecule has 1 atom stereocenters. The van der Waals surface area contributed by atoms with Crippen LogP contribution in [-0.4, -0.2) is 29.9 Å². The van der Waals surface area contributed by atoms with Gasteiger partial charge in [0.1, 0.15) is 6.04 Å². The topological polar surface area (TPSA) is 80.3 Å². The first kappa shape index (κ1) is 19.7. The lowest BCUT2D eigenvalue weighted by Gasteiger charge is -2.28. The van der Waals surface area contributed by atoms with E-state index in [0.717, 1.165) is 25.7 Å². The Morgan fingerprint density at radius 2 is 2.04 bits per heavy atom. The van der Waals surface area contributed by atoms with Gasteiger partial charge in [-0.05, 0) is 32.1 Å². The number of carbonyl (C=O) groups is 1. The Bertz CT molecular complexity index is 545. The minimum atomic E-state index is -0.0215. The number of ether oxygens (including phenoxy) is 1. The summed E-state index contributed by atoms with van der Waals surface area (Å²) in [6, 6.07) is 0.0481. The van der Waals surface area contributed by atoms with Crippen LogP contribution in [0.5, 0.6) is 0 Å². The second-order valence-electron chi connectivity index (χ2n) is 8.26. The van der Waals surface area contributed by atoms with E-state index in [1.807, 2.05) is 13.8 Å². The molecule has 1 aliphatic carbocycles. The van der Waals surface area contributed by atoms with Gasteiger partial charge in [-0.3, -0.25) is 14.6 Å². The van der Waals surface area contributed by atoms with Crippen molar-refractivity contribution in [2.75, 3.05) is 17.3 Å². The average molecular weight is 353 g/mol. The number of nitrogens with one attached hydrogen (secondary N) is 2. The molecule has 7 nitrogen and oxygen atoms in total. The Labute approximate surface area is 150 Å². The van der Waals surface area contributed by atoms with Gasteiger partial charge >= 0.3 is 5.88 Å². The van der Waals surface area contributed by atoms with E-state index in [-0.39, 0.29) is 29.4 Å². The number of amides is 1. The molecular weight excluding hydrogens is 320 g/mol. The van der Waals surface area contributed by atoms with Crippen molar-refractivity contribution in [2.24, 2.45) is 11.3 Å². The van der Waals surface area contributed by atoms with Crippen molar-refractivity contribution in [2.45, 2.75) is 78.9 Å². The predicted molar refractivity (Wildman–Crippen MR) is 95.6 cm³/mol. The Morgan fingerprint density at radius 1 is 1.36 bits per heavy atom. The van der Waals surface area contributed by atoms with Crippen molar-refractivity contribution < 1.29 is 18.8 Å². The number of anilines is 1. The van der Waals surface area contributed by atoms with Crippen molar-refractivity contribution in [3.63, 3.8) is 0 Å². The molecule has 142 valence electrons. The molecule has 1 saturated carbocycles. The lowest BCUT2D eigenvalue weighted by Crippen LogP contribution is -2.57. The first-order valence-electron chi connectivity index (χ1n) is 9.33. The molecule has 25 heavy (non-hydrogen) atoms. The second kappa shape index (κ2) is 8.65. The zero-order valence-corrected chi connectivity index (χ0v) is 16.2. The highest BCUT2D eigenvalue weighted by atomic mass is 16.5. The van der Waals surface area contributed by atoms with Gasteiger partial charge in [0.25, 0.3) is 6.20 Å². The molecule has 2 rings (SSSR count). The molecule has 7 heteroatoms. The molecule has 0 aromatic carbocycles. The molecule has 0 bridgehead atoms. The van der Waals surface area contributed by atoms with Crippen LogP contribution in [0, 0.1) is 11.3 Å². The maximum atomic E-state index is 12.3. The van der Waals surface area contributed by atoms with Crippen LogP contribution < -0.4 is 15.5 Å². The van der Waals surface area contributed by atoms with Crippen LogP contribution in [0.4, 0.5) is 5.88 Å². The van der Waals surface area contributed by atoms with E-state index in [1.165, 1.54) is 11.2 Å². The van der Waals surface area contributed by atoms with Crippen molar-refractivity contribution in [3.8, 4) is 0 Å². The quantitative estimate of drug-likeness (QED) is 0.737. The summed E-state index contributed by atoms with van der Waals surface area (Å²) >= 11 is 0. The van der Waals surface area contributed by atoms with Gasteiger partial charge in [0.15, 0.2) is 0 Å². The smallest absolute Gasteiger partial charge is 0.305 e. The van der Waals surface area contributed by atoms with Crippen LogP contribution in [0.1, 0.15) is 66.7 Å². The van der Waals surface area contributed by atoms with Gasteiger partial charge < -0.3 is 4.74 Å². The highest BCUT2D eigenvalue weighted by molar-refractivity contribution is 5.91. The second-order valence-corrected chi connectivity index (χ2v) is 8.26. The number of nitrogens with zero attached hydrogens (tertiary/aromatic N) is 2. The monoisotopic (exact) mass is 353 g/mol. The van der Waals surface area contributed by atoms with E-state index in [4.69, 9.17) is 9.26 Å². The van der Waals surface area contributed by atoms with Gasteiger partial charge in [0, 0.05) is 5.92 Å². The molecule has 1 aliphatic rings. The van der Waals surface area contributed by atoms with Crippen LogP contribution in [0.3, 0.4) is 0 Å². The van der Waals surface area contributed by atoms with E-state index < -0.39 is 0 Å². The third-order valence-corrected chi connectivity index (χ3v) is 4.62. The van der Waals surface area contributed by atoms with E-state index in [9.17, 15) is 4.79 Å². The van der Waals surface area contributed by atoms with Crippen LogP contribution in [-0.2, 0) is 9.53 Å². The Morgan fingerprint density at radius 3 is 2.64 bits per heavy atom. The van der Waals surface area contributed by atoms with Crippen molar-refractivity contribution >= 4 is 11.8 Å². The standard InChI is InChI=1S/C18H32N4O3/c1-13(2)24-12-15(18(3,4)5)20-22-11-16(25-21-22)19-17(23)14-9-7-6-8-10-14/h11,13-15H,6-10,12H2,1-5H3,(H-,19,20,21,23)/p+1. The van der Waals surface area contributed by atoms with Gasteiger partial charge in [-0.15, -0.1) is 0 Å². The van der Waals surface area contributed by atoms with Gasteiger partial charge in [-0.2, -0.15) is 5.43 Å². The SMILES string of the molecule is CC(C)OCC(N[n+]1cc(NC(=O)C2CCCCC2)on1)C(C)(C)C. The fourth-order valence-electron chi connectivity index (χ4n) is 2.88. The molecule has 2 N–H and O–H groups in total. The van der Waals surface area contributed by atoms with Crippen molar-refractivity contribution in [1.29, 1.82) is 0 Å².